The van der Waals surface area contributed by atoms with Crippen molar-refractivity contribution in [3.8, 4) is 0 Å². The Hall–Kier alpha value is -1.85. The number of hydrogen-bond acceptors (Lipinski definition) is 3. The standard InChI is InChI=1S/C17H20N4O.ClH/c22-17(16-13-11-18-9-8-14(13)19-20-16)21-10-4-3-6-12-5-1-2-7-15(12)21;/h1-2,5,7,18H,3-4,6,8-11H2,(H,19,20);1H. The van der Waals surface area contributed by atoms with E-state index in [2.05, 4.69) is 27.6 Å². The Bertz CT molecular complexity index is 712. The van der Waals surface area contributed by atoms with Crippen LogP contribution >= 0.6 is 12.4 Å². The molecule has 1 aromatic heterocycles. The minimum absolute atomic E-state index is 0. The molecule has 6 heteroatoms. The van der Waals surface area contributed by atoms with Crippen LogP contribution in [0.4, 0.5) is 5.69 Å². The lowest BCUT2D eigenvalue weighted by Gasteiger charge is -2.23. The van der Waals surface area contributed by atoms with E-state index in [1.54, 1.807) is 0 Å². The third kappa shape index (κ3) is 2.86. The summed E-state index contributed by atoms with van der Waals surface area (Å²) in [4.78, 5) is 15.0. The van der Waals surface area contributed by atoms with Crippen molar-refractivity contribution in [2.24, 2.45) is 0 Å². The van der Waals surface area contributed by atoms with Crippen LogP contribution in [-0.2, 0) is 19.4 Å². The number of fused-ring (bicyclic) bond motifs is 2. The van der Waals surface area contributed by atoms with Gasteiger partial charge in [-0.2, -0.15) is 5.10 Å². The fourth-order valence-electron chi connectivity index (χ4n) is 3.43. The summed E-state index contributed by atoms with van der Waals surface area (Å²) in [6, 6.07) is 8.23. The molecule has 1 aromatic carbocycles. The predicted molar refractivity (Wildman–Crippen MR) is 92.3 cm³/mol. The molecule has 2 aliphatic heterocycles. The highest BCUT2D eigenvalue weighted by Crippen LogP contribution is 2.28. The van der Waals surface area contributed by atoms with Gasteiger partial charge in [0.1, 0.15) is 0 Å². The van der Waals surface area contributed by atoms with Gasteiger partial charge in [0, 0.05) is 43.0 Å². The Morgan fingerprint density at radius 3 is 2.96 bits per heavy atom. The number of aryl methyl sites for hydroxylation is 1. The van der Waals surface area contributed by atoms with Gasteiger partial charge in [-0.1, -0.05) is 18.2 Å². The summed E-state index contributed by atoms with van der Waals surface area (Å²) in [7, 11) is 0. The molecule has 4 rings (SSSR count). The van der Waals surface area contributed by atoms with Gasteiger partial charge in [0.25, 0.3) is 5.91 Å². The molecule has 5 nitrogen and oxygen atoms in total. The summed E-state index contributed by atoms with van der Waals surface area (Å²) >= 11 is 0. The van der Waals surface area contributed by atoms with E-state index in [9.17, 15) is 4.79 Å². The van der Waals surface area contributed by atoms with Gasteiger partial charge in [-0.15, -0.1) is 12.4 Å². The SMILES string of the molecule is Cl.O=C(c1n[nH]c2c1CNCC2)N1CCCCc2ccccc21. The number of amides is 1. The highest BCUT2D eigenvalue weighted by molar-refractivity contribution is 6.06. The highest BCUT2D eigenvalue weighted by Gasteiger charge is 2.28. The first-order valence-corrected chi connectivity index (χ1v) is 8.01. The molecule has 1 amide bonds. The summed E-state index contributed by atoms with van der Waals surface area (Å²) in [6.45, 7) is 2.43. The van der Waals surface area contributed by atoms with Gasteiger partial charge in [-0.3, -0.25) is 9.89 Å². The molecular formula is C17H21ClN4O. The van der Waals surface area contributed by atoms with Crippen LogP contribution < -0.4 is 10.2 Å². The van der Waals surface area contributed by atoms with Crippen LogP contribution in [0.2, 0.25) is 0 Å². The van der Waals surface area contributed by atoms with Crippen molar-refractivity contribution in [3.05, 3.63) is 46.8 Å². The largest absolute Gasteiger partial charge is 0.312 e. The lowest BCUT2D eigenvalue weighted by Crippen LogP contribution is -2.34. The van der Waals surface area contributed by atoms with Gasteiger partial charge in [0.15, 0.2) is 5.69 Å². The minimum Gasteiger partial charge on any atom is -0.312 e. The topological polar surface area (TPSA) is 61.0 Å². The lowest BCUT2D eigenvalue weighted by molar-refractivity contribution is 0.0981. The first-order valence-electron chi connectivity index (χ1n) is 8.01. The molecule has 0 atom stereocenters. The fourth-order valence-corrected chi connectivity index (χ4v) is 3.43. The molecule has 23 heavy (non-hydrogen) atoms. The van der Waals surface area contributed by atoms with Crippen LogP contribution in [0.25, 0.3) is 0 Å². The zero-order valence-corrected chi connectivity index (χ0v) is 13.8. The molecule has 3 heterocycles. The smallest absolute Gasteiger partial charge is 0.279 e. The van der Waals surface area contributed by atoms with E-state index in [0.717, 1.165) is 62.3 Å². The highest BCUT2D eigenvalue weighted by atomic mass is 35.5. The number of H-pyrrole nitrogens is 1. The van der Waals surface area contributed by atoms with E-state index in [-0.39, 0.29) is 18.3 Å². The van der Waals surface area contributed by atoms with Gasteiger partial charge in [-0.05, 0) is 30.9 Å². The number of benzene rings is 1. The first kappa shape index (κ1) is 16.0. The van der Waals surface area contributed by atoms with E-state index in [0.29, 0.717) is 5.69 Å². The van der Waals surface area contributed by atoms with E-state index in [1.165, 1.54) is 5.56 Å². The van der Waals surface area contributed by atoms with Crippen LogP contribution in [0.1, 0.15) is 40.2 Å². The molecule has 0 bridgehead atoms. The summed E-state index contributed by atoms with van der Waals surface area (Å²) < 4.78 is 0. The van der Waals surface area contributed by atoms with E-state index in [4.69, 9.17) is 0 Å². The first-order chi connectivity index (χ1) is 10.8. The molecule has 0 radical (unpaired) electrons. The third-order valence-corrected chi connectivity index (χ3v) is 4.61. The van der Waals surface area contributed by atoms with Crippen molar-refractivity contribution < 1.29 is 4.79 Å². The predicted octanol–water partition coefficient (Wildman–Crippen LogP) is 2.46. The maximum atomic E-state index is 13.1. The quantitative estimate of drug-likeness (QED) is 0.843. The number of aromatic nitrogens is 2. The lowest BCUT2D eigenvalue weighted by atomic mass is 10.1. The van der Waals surface area contributed by atoms with Crippen molar-refractivity contribution in [2.75, 3.05) is 18.0 Å². The van der Waals surface area contributed by atoms with Crippen LogP contribution in [0.15, 0.2) is 24.3 Å². The van der Waals surface area contributed by atoms with Gasteiger partial charge < -0.3 is 10.2 Å². The number of carbonyl (C=O) groups excluding carboxylic acids is 1. The van der Waals surface area contributed by atoms with Gasteiger partial charge in [-0.25, -0.2) is 0 Å². The minimum atomic E-state index is 0. The molecule has 0 saturated carbocycles. The van der Waals surface area contributed by atoms with Gasteiger partial charge in [0.05, 0.1) is 0 Å². The Kier molecular flexibility index (Phi) is 4.68. The summed E-state index contributed by atoms with van der Waals surface area (Å²) in [6.07, 6.45) is 4.11. The maximum absolute atomic E-state index is 13.1. The molecule has 0 spiro atoms. The summed E-state index contributed by atoms with van der Waals surface area (Å²) in [5, 5.41) is 10.7. The van der Waals surface area contributed by atoms with Crippen LogP contribution in [0.5, 0.6) is 0 Å². The van der Waals surface area contributed by atoms with Crippen molar-refractivity contribution >= 4 is 24.0 Å². The van der Waals surface area contributed by atoms with E-state index < -0.39 is 0 Å². The number of rotatable bonds is 1. The number of hydrogen-bond donors (Lipinski definition) is 2. The molecule has 2 aliphatic rings. The number of nitrogens with one attached hydrogen (secondary N) is 2. The maximum Gasteiger partial charge on any atom is 0.279 e. The van der Waals surface area contributed by atoms with E-state index in [1.807, 2.05) is 17.0 Å². The Morgan fingerprint density at radius 1 is 1.17 bits per heavy atom. The summed E-state index contributed by atoms with van der Waals surface area (Å²) in [5.41, 5.74) is 5.03. The second kappa shape index (κ2) is 6.72. The number of aromatic amines is 1. The Morgan fingerprint density at radius 2 is 2.04 bits per heavy atom. The van der Waals surface area contributed by atoms with Crippen molar-refractivity contribution in [1.82, 2.24) is 15.5 Å². The molecular weight excluding hydrogens is 312 g/mol. The molecule has 0 fully saturated rings. The molecule has 2 N–H and O–H groups in total. The number of anilines is 1. The van der Waals surface area contributed by atoms with Gasteiger partial charge >= 0.3 is 0 Å². The normalized spacial score (nSPS) is 16.8. The Labute approximate surface area is 141 Å². The third-order valence-electron chi connectivity index (χ3n) is 4.61. The molecule has 0 saturated heterocycles. The van der Waals surface area contributed by atoms with Crippen LogP contribution in [-0.4, -0.2) is 29.2 Å². The molecule has 2 aromatic rings. The zero-order valence-electron chi connectivity index (χ0n) is 13.0. The van der Waals surface area contributed by atoms with Crippen molar-refractivity contribution in [3.63, 3.8) is 0 Å². The summed E-state index contributed by atoms with van der Waals surface area (Å²) in [5.74, 6) is 0.0237. The van der Waals surface area contributed by atoms with Crippen LogP contribution in [0.3, 0.4) is 0 Å². The van der Waals surface area contributed by atoms with Crippen molar-refractivity contribution in [1.29, 1.82) is 0 Å². The second-order valence-electron chi connectivity index (χ2n) is 6.00. The number of halogens is 1. The second-order valence-corrected chi connectivity index (χ2v) is 6.00. The van der Waals surface area contributed by atoms with E-state index >= 15 is 0 Å². The molecule has 0 unspecified atom stereocenters. The average Bonchev–Trinajstić information content (AvgIpc) is 2.87. The number of nitrogens with zero attached hydrogens (tertiary/aromatic N) is 2. The average molecular weight is 333 g/mol. The zero-order chi connectivity index (χ0) is 14.9. The number of para-hydroxylation sites is 1. The molecule has 122 valence electrons. The van der Waals surface area contributed by atoms with Gasteiger partial charge in [0.2, 0.25) is 0 Å². The fraction of sp³-hybridized carbons (Fsp3) is 0.412. The van der Waals surface area contributed by atoms with Crippen molar-refractivity contribution in [2.45, 2.75) is 32.2 Å². The van der Waals surface area contributed by atoms with Crippen LogP contribution in [0, 0.1) is 0 Å². The monoisotopic (exact) mass is 332 g/mol. The number of carbonyl (C=O) groups is 1. The molecule has 0 aliphatic carbocycles. The Balaban J connectivity index is 0.00000156.